The quantitative estimate of drug-likeness (QED) is 0.464. The van der Waals surface area contributed by atoms with E-state index in [0.717, 1.165) is 17.8 Å². The number of H-pyrrole nitrogens is 1. The average Bonchev–Trinajstić information content (AvgIpc) is 2.98. The average molecular weight is 397 g/mol. The predicted molar refractivity (Wildman–Crippen MR) is 104 cm³/mol. The van der Waals surface area contributed by atoms with Crippen LogP contribution in [0.4, 0.5) is 0 Å². The number of nitrogens with one attached hydrogen (secondary N) is 1. The molecular weight excluding hydrogens is 370 g/mol. The van der Waals surface area contributed by atoms with Crippen LogP contribution in [0.1, 0.15) is 40.8 Å². The molecule has 0 radical (unpaired) electrons. The van der Waals surface area contributed by atoms with Crippen LogP contribution in [0, 0.1) is 6.92 Å². The number of methoxy groups -OCH3 is 2. The highest BCUT2D eigenvalue weighted by Gasteiger charge is 2.20. The number of hydrogen-bond donors (Lipinski definition) is 2. The molecule has 2 N–H and O–H groups in total. The minimum absolute atomic E-state index is 0.271. The van der Waals surface area contributed by atoms with Gasteiger partial charge < -0.3 is 19.6 Å². The van der Waals surface area contributed by atoms with Gasteiger partial charge in [0, 0.05) is 26.8 Å². The second kappa shape index (κ2) is 9.93. The van der Waals surface area contributed by atoms with E-state index in [1.54, 1.807) is 14.0 Å². The summed E-state index contributed by atoms with van der Waals surface area (Å²) in [5.41, 5.74) is 0.312. The van der Waals surface area contributed by atoms with Crippen LogP contribution in [-0.2, 0) is 16.0 Å². The molecule has 0 bridgehead atoms. The van der Waals surface area contributed by atoms with Crippen LogP contribution in [0.15, 0.2) is 4.79 Å². The number of thiophene rings is 1. The fourth-order valence-electron chi connectivity index (χ4n) is 2.86. The highest BCUT2D eigenvalue weighted by molar-refractivity contribution is 7.20. The third kappa shape index (κ3) is 5.35. The van der Waals surface area contributed by atoms with Gasteiger partial charge in [0.05, 0.1) is 25.1 Å². The standard InChI is InChI=1S/C18H27N3O5S/c1-5-12(22)9-21(7-6-8-25-3)10-13-19-16(23)14-11(2)15(18(24)26-4)27-17(14)20-13/h12,22H,5-10H2,1-4H3,(H,19,20,23)/t12-/m1/s1. The Bertz CT molecular complexity index is 832. The first kappa shape index (κ1) is 21.5. The second-order valence-electron chi connectivity index (χ2n) is 6.38. The summed E-state index contributed by atoms with van der Waals surface area (Å²) in [7, 11) is 2.96. The van der Waals surface area contributed by atoms with Crippen molar-refractivity contribution in [2.24, 2.45) is 0 Å². The summed E-state index contributed by atoms with van der Waals surface area (Å²) in [5, 5.41) is 10.4. The number of ether oxygens (including phenoxy) is 2. The molecule has 1 atom stereocenters. The molecule has 2 aromatic heterocycles. The normalized spacial score (nSPS) is 12.7. The van der Waals surface area contributed by atoms with Gasteiger partial charge in [0.2, 0.25) is 0 Å². The smallest absolute Gasteiger partial charge is 0.348 e. The van der Waals surface area contributed by atoms with Crippen LogP contribution in [0.5, 0.6) is 0 Å². The van der Waals surface area contributed by atoms with Gasteiger partial charge in [-0.15, -0.1) is 11.3 Å². The Kier molecular flexibility index (Phi) is 7.91. The van der Waals surface area contributed by atoms with Gasteiger partial charge in [-0.3, -0.25) is 9.69 Å². The zero-order valence-electron chi connectivity index (χ0n) is 16.2. The molecule has 0 saturated carbocycles. The van der Waals surface area contributed by atoms with Crippen LogP contribution in [0.25, 0.3) is 10.2 Å². The number of nitrogens with zero attached hydrogens (tertiary/aromatic N) is 2. The molecule has 9 heteroatoms. The number of aromatic amines is 1. The topological polar surface area (TPSA) is 105 Å². The van der Waals surface area contributed by atoms with Crippen LogP contribution in [-0.4, -0.2) is 66.0 Å². The molecule has 8 nitrogen and oxygen atoms in total. The first-order valence-corrected chi connectivity index (χ1v) is 9.72. The molecule has 0 unspecified atom stereocenters. The van der Waals surface area contributed by atoms with Crippen molar-refractivity contribution in [3.8, 4) is 0 Å². The minimum atomic E-state index is -0.469. The summed E-state index contributed by atoms with van der Waals surface area (Å²) in [6.45, 7) is 5.86. The molecule has 0 saturated heterocycles. The van der Waals surface area contributed by atoms with Gasteiger partial charge in [0.1, 0.15) is 15.5 Å². The number of aliphatic hydroxyl groups is 1. The van der Waals surface area contributed by atoms with Gasteiger partial charge in [0.15, 0.2) is 0 Å². The lowest BCUT2D eigenvalue weighted by molar-refractivity contribution is 0.0605. The summed E-state index contributed by atoms with van der Waals surface area (Å²) < 4.78 is 9.87. The van der Waals surface area contributed by atoms with E-state index in [1.807, 2.05) is 11.8 Å². The first-order valence-electron chi connectivity index (χ1n) is 8.91. The highest BCUT2D eigenvalue weighted by Crippen LogP contribution is 2.27. The predicted octanol–water partition coefficient (Wildman–Crippen LogP) is 1.69. The SMILES string of the molecule is CC[C@@H](O)CN(CCCOC)Cc1nc2sc(C(=O)OC)c(C)c2c(=O)[nH]1. The fraction of sp³-hybridized carbons (Fsp3) is 0.611. The van der Waals surface area contributed by atoms with Crippen molar-refractivity contribution >= 4 is 27.5 Å². The highest BCUT2D eigenvalue weighted by atomic mass is 32.1. The Morgan fingerprint density at radius 3 is 2.78 bits per heavy atom. The zero-order chi connectivity index (χ0) is 20.0. The van der Waals surface area contributed by atoms with Crippen molar-refractivity contribution in [3.63, 3.8) is 0 Å². The minimum Gasteiger partial charge on any atom is -0.465 e. The lowest BCUT2D eigenvalue weighted by Crippen LogP contribution is -2.34. The number of carbonyl (C=O) groups is 1. The molecule has 0 aliphatic rings. The largest absolute Gasteiger partial charge is 0.465 e. The molecule has 0 fully saturated rings. The number of fused-ring (bicyclic) bond motifs is 1. The van der Waals surface area contributed by atoms with Crippen molar-refractivity contribution in [3.05, 3.63) is 26.6 Å². The Labute approximate surface area is 162 Å². The Morgan fingerprint density at radius 1 is 1.41 bits per heavy atom. The van der Waals surface area contributed by atoms with Crippen molar-refractivity contribution in [1.29, 1.82) is 0 Å². The maximum absolute atomic E-state index is 12.5. The second-order valence-corrected chi connectivity index (χ2v) is 7.38. The third-order valence-corrected chi connectivity index (χ3v) is 5.52. The molecule has 0 amide bonds. The number of aliphatic hydroxyl groups excluding tert-OH is 1. The molecule has 2 rings (SSSR count). The third-order valence-electron chi connectivity index (χ3n) is 4.36. The van der Waals surface area contributed by atoms with E-state index in [2.05, 4.69) is 9.97 Å². The van der Waals surface area contributed by atoms with E-state index >= 15 is 0 Å². The number of hydrogen-bond acceptors (Lipinski definition) is 8. The van der Waals surface area contributed by atoms with Crippen LogP contribution < -0.4 is 5.56 Å². The monoisotopic (exact) mass is 397 g/mol. The van der Waals surface area contributed by atoms with Crippen molar-refractivity contribution in [2.75, 3.05) is 33.9 Å². The first-order chi connectivity index (χ1) is 12.9. The summed E-state index contributed by atoms with van der Waals surface area (Å²) in [6, 6.07) is 0. The van der Waals surface area contributed by atoms with E-state index in [1.165, 1.54) is 7.11 Å². The van der Waals surface area contributed by atoms with Gasteiger partial charge in [-0.05, 0) is 25.3 Å². The summed E-state index contributed by atoms with van der Waals surface area (Å²) in [5.74, 6) is 0.0367. The lowest BCUT2D eigenvalue weighted by Gasteiger charge is -2.24. The van der Waals surface area contributed by atoms with Gasteiger partial charge in [-0.25, -0.2) is 9.78 Å². The van der Waals surface area contributed by atoms with Gasteiger partial charge >= 0.3 is 5.97 Å². The van der Waals surface area contributed by atoms with Crippen LogP contribution in [0.2, 0.25) is 0 Å². The van der Waals surface area contributed by atoms with Crippen molar-refractivity contribution in [2.45, 2.75) is 39.3 Å². The molecule has 2 aromatic rings. The molecule has 27 heavy (non-hydrogen) atoms. The van der Waals surface area contributed by atoms with Gasteiger partial charge in [0.25, 0.3) is 5.56 Å². The lowest BCUT2D eigenvalue weighted by atomic mass is 10.2. The van der Waals surface area contributed by atoms with E-state index in [-0.39, 0.29) is 5.56 Å². The molecule has 2 heterocycles. The number of carbonyl (C=O) groups excluding carboxylic acids is 1. The number of aryl methyl sites for hydroxylation is 1. The zero-order valence-corrected chi connectivity index (χ0v) is 17.0. The summed E-state index contributed by atoms with van der Waals surface area (Å²) >= 11 is 1.16. The summed E-state index contributed by atoms with van der Waals surface area (Å²) in [6.07, 6.45) is 1.01. The Morgan fingerprint density at radius 2 is 2.15 bits per heavy atom. The van der Waals surface area contributed by atoms with E-state index in [0.29, 0.717) is 59.1 Å². The number of aromatic nitrogens is 2. The molecule has 150 valence electrons. The van der Waals surface area contributed by atoms with E-state index in [4.69, 9.17) is 9.47 Å². The molecule has 0 spiro atoms. The van der Waals surface area contributed by atoms with Crippen molar-refractivity contribution < 1.29 is 19.4 Å². The number of rotatable bonds is 10. The molecule has 0 aliphatic carbocycles. The molecule has 0 aliphatic heterocycles. The van der Waals surface area contributed by atoms with Crippen molar-refractivity contribution in [1.82, 2.24) is 14.9 Å². The van der Waals surface area contributed by atoms with E-state index < -0.39 is 12.1 Å². The van der Waals surface area contributed by atoms with Gasteiger partial charge in [-0.2, -0.15) is 0 Å². The van der Waals surface area contributed by atoms with Crippen LogP contribution >= 0.6 is 11.3 Å². The Balaban J connectivity index is 2.30. The number of esters is 1. The van der Waals surface area contributed by atoms with Crippen LogP contribution in [0.3, 0.4) is 0 Å². The Hall–Kier alpha value is -1.81. The summed E-state index contributed by atoms with van der Waals surface area (Å²) in [4.78, 5) is 34.7. The maximum Gasteiger partial charge on any atom is 0.348 e. The molecule has 0 aromatic carbocycles. The van der Waals surface area contributed by atoms with E-state index in [9.17, 15) is 14.7 Å². The maximum atomic E-state index is 12.5. The van der Waals surface area contributed by atoms with Gasteiger partial charge in [-0.1, -0.05) is 6.92 Å². The molecular formula is C18H27N3O5S. The fourth-order valence-corrected chi connectivity index (χ4v) is 3.98.